The summed E-state index contributed by atoms with van der Waals surface area (Å²) in [6.07, 6.45) is 3.52. The molecule has 1 heterocycles. The first-order valence-corrected chi connectivity index (χ1v) is 7.49. The lowest BCUT2D eigenvalue weighted by Crippen LogP contribution is -2.20. The maximum Gasteiger partial charge on any atom is 0.178 e. The molecule has 1 aliphatic carbocycles. The number of methoxy groups -OCH3 is 3. The summed E-state index contributed by atoms with van der Waals surface area (Å²) in [4.78, 5) is 3.26. The molecular formula is C15H20N2O3S. The van der Waals surface area contributed by atoms with Gasteiger partial charge in [0.05, 0.1) is 37.4 Å². The van der Waals surface area contributed by atoms with Crippen molar-refractivity contribution < 1.29 is 14.2 Å². The van der Waals surface area contributed by atoms with E-state index in [0.29, 0.717) is 16.3 Å². The summed E-state index contributed by atoms with van der Waals surface area (Å²) >= 11 is 5.52. The van der Waals surface area contributed by atoms with E-state index in [1.165, 1.54) is 0 Å². The highest BCUT2D eigenvalue weighted by Crippen LogP contribution is 2.38. The maximum atomic E-state index is 5.62. The van der Waals surface area contributed by atoms with Gasteiger partial charge in [-0.3, -0.25) is 0 Å². The third-order valence-electron chi connectivity index (χ3n) is 4.27. The van der Waals surface area contributed by atoms with Crippen molar-refractivity contribution in [3.8, 4) is 11.5 Å². The van der Waals surface area contributed by atoms with Crippen LogP contribution in [0.5, 0.6) is 11.5 Å². The lowest BCUT2D eigenvalue weighted by molar-refractivity contribution is 0.0757. The number of aromatic amines is 1. The van der Waals surface area contributed by atoms with Crippen LogP contribution in [0.25, 0.3) is 11.0 Å². The Bertz CT molecular complexity index is 707. The molecule has 1 aromatic heterocycles. The third kappa shape index (κ3) is 2.32. The normalized spacial score (nSPS) is 21.9. The van der Waals surface area contributed by atoms with Crippen molar-refractivity contribution in [3.63, 3.8) is 0 Å². The predicted molar refractivity (Wildman–Crippen MR) is 83.9 cm³/mol. The van der Waals surface area contributed by atoms with Gasteiger partial charge in [0.1, 0.15) is 0 Å². The number of nitrogens with zero attached hydrogens (tertiary/aromatic N) is 1. The fourth-order valence-corrected chi connectivity index (χ4v) is 3.60. The van der Waals surface area contributed by atoms with Gasteiger partial charge in [-0.05, 0) is 31.5 Å². The number of H-pyrrole nitrogens is 1. The molecule has 6 heteroatoms. The monoisotopic (exact) mass is 308 g/mol. The third-order valence-corrected chi connectivity index (χ3v) is 4.57. The molecule has 0 bridgehead atoms. The summed E-state index contributed by atoms with van der Waals surface area (Å²) in [5, 5.41) is 0. The van der Waals surface area contributed by atoms with E-state index in [-0.39, 0.29) is 12.1 Å². The maximum absolute atomic E-state index is 5.62. The zero-order valence-electron chi connectivity index (χ0n) is 12.5. The highest BCUT2D eigenvalue weighted by molar-refractivity contribution is 7.71. The Kier molecular flexibility index (Phi) is 3.91. The Morgan fingerprint density at radius 3 is 2.52 bits per heavy atom. The Morgan fingerprint density at radius 1 is 1.14 bits per heavy atom. The van der Waals surface area contributed by atoms with Crippen molar-refractivity contribution in [2.24, 2.45) is 0 Å². The first-order chi connectivity index (χ1) is 10.2. The number of fused-ring (bicyclic) bond motifs is 1. The van der Waals surface area contributed by atoms with Gasteiger partial charge in [-0.25, -0.2) is 0 Å². The molecule has 114 valence electrons. The molecule has 0 spiro atoms. The number of benzene rings is 1. The molecule has 1 fully saturated rings. The van der Waals surface area contributed by atoms with Gasteiger partial charge >= 0.3 is 0 Å². The Labute approximate surface area is 128 Å². The minimum atomic E-state index is 0.212. The number of hydrogen-bond donors (Lipinski definition) is 1. The van der Waals surface area contributed by atoms with Gasteiger partial charge in [0.15, 0.2) is 16.3 Å². The number of rotatable bonds is 4. The van der Waals surface area contributed by atoms with E-state index in [0.717, 1.165) is 30.3 Å². The molecule has 2 unspecified atom stereocenters. The van der Waals surface area contributed by atoms with E-state index in [2.05, 4.69) is 9.55 Å². The number of ether oxygens (including phenoxy) is 3. The molecule has 1 aliphatic rings. The van der Waals surface area contributed by atoms with Gasteiger partial charge in [-0.1, -0.05) is 0 Å². The topological polar surface area (TPSA) is 48.4 Å². The van der Waals surface area contributed by atoms with Gasteiger partial charge in [0.2, 0.25) is 0 Å². The van der Waals surface area contributed by atoms with Crippen LogP contribution in [0.1, 0.15) is 25.3 Å². The average molecular weight is 308 g/mol. The van der Waals surface area contributed by atoms with Gasteiger partial charge in [-0.2, -0.15) is 0 Å². The fraction of sp³-hybridized carbons (Fsp3) is 0.533. The van der Waals surface area contributed by atoms with Crippen molar-refractivity contribution >= 4 is 23.3 Å². The highest BCUT2D eigenvalue weighted by Gasteiger charge is 2.30. The van der Waals surface area contributed by atoms with Crippen LogP contribution in [0.3, 0.4) is 0 Å². The summed E-state index contributed by atoms with van der Waals surface area (Å²) in [6, 6.07) is 4.18. The van der Waals surface area contributed by atoms with Crippen LogP contribution < -0.4 is 9.47 Å². The number of nitrogens with one attached hydrogen (secondary N) is 1. The minimum Gasteiger partial charge on any atom is -0.493 e. The van der Waals surface area contributed by atoms with Crippen molar-refractivity contribution in [2.75, 3.05) is 21.3 Å². The van der Waals surface area contributed by atoms with Crippen molar-refractivity contribution in [1.29, 1.82) is 0 Å². The minimum absolute atomic E-state index is 0.212. The van der Waals surface area contributed by atoms with Crippen molar-refractivity contribution in [1.82, 2.24) is 9.55 Å². The smallest absolute Gasteiger partial charge is 0.178 e. The second-order valence-electron chi connectivity index (χ2n) is 5.30. The van der Waals surface area contributed by atoms with Gasteiger partial charge in [-0.15, -0.1) is 0 Å². The van der Waals surface area contributed by atoms with E-state index in [1.807, 2.05) is 12.1 Å². The molecular weight excluding hydrogens is 288 g/mol. The molecule has 0 aliphatic heterocycles. The number of hydrogen-bond acceptors (Lipinski definition) is 4. The quantitative estimate of drug-likeness (QED) is 0.879. The van der Waals surface area contributed by atoms with E-state index >= 15 is 0 Å². The fourth-order valence-electron chi connectivity index (χ4n) is 3.26. The van der Waals surface area contributed by atoms with Crippen molar-refractivity contribution in [3.05, 3.63) is 16.9 Å². The first kappa shape index (κ1) is 14.4. The van der Waals surface area contributed by atoms with E-state index in [9.17, 15) is 0 Å². The molecule has 3 rings (SSSR count). The average Bonchev–Trinajstić information content (AvgIpc) is 3.07. The molecule has 21 heavy (non-hydrogen) atoms. The summed E-state index contributed by atoms with van der Waals surface area (Å²) in [6.45, 7) is 0. The lowest BCUT2D eigenvalue weighted by Gasteiger charge is -2.20. The molecule has 1 saturated carbocycles. The largest absolute Gasteiger partial charge is 0.493 e. The standard InChI is InChI=1S/C15H20N2O3S/c1-18-12-6-4-5-10(12)17-11-8-14(20-3)13(19-2)7-9(11)16-15(17)21/h7-8,10,12H,4-6H2,1-3H3,(H,16,21). The SMILES string of the molecule is COc1cc2[nH]c(=S)n(C3CCCC3OC)c2cc1OC. The molecule has 2 atom stereocenters. The van der Waals surface area contributed by atoms with Crippen LogP contribution in [0.15, 0.2) is 12.1 Å². The van der Waals surface area contributed by atoms with Crippen LogP contribution in [-0.2, 0) is 4.74 Å². The van der Waals surface area contributed by atoms with Gasteiger partial charge in [0.25, 0.3) is 0 Å². The van der Waals surface area contributed by atoms with E-state index < -0.39 is 0 Å². The summed E-state index contributed by atoms with van der Waals surface area (Å²) in [5.74, 6) is 1.41. The number of imidazole rings is 1. The van der Waals surface area contributed by atoms with Gasteiger partial charge in [0, 0.05) is 19.2 Å². The first-order valence-electron chi connectivity index (χ1n) is 7.08. The molecule has 0 radical (unpaired) electrons. The summed E-state index contributed by atoms with van der Waals surface area (Å²) in [5.41, 5.74) is 1.99. The molecule has 0 amide bonds. The molecule has 1 N–H and O–H groups in total. The van der Waals surface area contributed by atoms with Crippen LogP contribution in [-0.4, -0.2) is 37.0 Å². The predicted octanol–water partition coefficient (Wildman–Crippen LogP) is 3.46. The second kappa shape index (κ2) is 5.69. The summed E-state index contributed by atoms with van der Waals surface area (Å²) in [7, 11) is 5.04. The van der Waals surface area contributed by atoms with Crippen molar-refractivity contribution in [2.45, 2.75) is 31.4 Å². The molecule has 5 nitrogen and oxygen atoms in total. The zero-order valence-corrected chi connectivity index (χ0v) is 13.3. The van der Waals surface area contributed by atoms with Gasteiger partial charge < -0.3 is 23.8 Å². The van der Waals surface area contributed by atoms with Crippen LogP contribution >= 0.6 is 12.2 Å². The highest BCUT2D eigenvalue weighted by atomic mass is 32.1. The Hall–Kier alpha value is -1.53. The zero-order chi connectivity index (χ0) is 15.0. The van der Waals surface area contributed by atoms with Crippen LogP contribution in [0.4, 0.5) is 0 Å². The van der Waals surface area contributed by atoms with E-state index in [4.69, 9.17) is 26.4 Å². The number of aromatic nitrogens is 2. The Morgan fingerprint density at radius 2 is 1.86 bits per heavy atom. The lowest BCUT2D eigenvalue weighted by atomic mass is 10.2. The molecule has 0 saturated heterocycles. The second-order valence-corrected chi connectivity index (χ2v) is 5.68. The van der Waals surface area contributed by atoms with E-state index in [1.54, 1.807) is 21.3 Å². The molecule has 1 aromatic carbocycles. The van der Waals surface area contributed by atoms with Crippen LogP contribution in [0.2, 0.25) is 0 Å². The molecule has 2 aromatic rings. The Balaban J connectivity index is 2.18. The van der Waals surface area contributed by atoms with Crippen LogP contribution in [0, 0.1) is 4.77 Å². The summed E-state index contributed by atoms with van der Waals surface area (Å²) < 4.78 is 19.2.